The van der Waals surface area contributed by atoms with Crippen molar-refractivity contribution in [2.45, 2.75) is 26.4 Å². The average molecular weight is 170 g/mol. The molecule has 0 aromatic rings. The first kappa shape index (κ1) is 10.5. The number of nitrogens with zero attached hydrogens (tertiary/aromatic N) is 2. The molecule has 0 rings (SSSR count). The maximum atomic E-state index is 10.8. The Bertz CT molecular complexity index is 246. The van der Waals surface area contributed by atoms with E-state index in [-0.39, 0.29) is 0 Å². The predicted octanol–water partition coefficient (Wildman–Crippen LogP) is 0.198. The number of esters is 1. The van der Waals surface area contributed by atoms with Crippen LogP contribution in [0.4, 0.5) is 0 Å². The molecule has 0 aromatic carbocycles. The number of carbonyl (C=O) groups excluding carboxylic acids is 2. The van der Waals surface area contributed by atoms with E-state index in [1.807, 2.05) is 0 Å². The largest absolute Gasteiger partial charge is 0.454 e. The molecule has 0 aliphatic carbocycles. The van der Waals surface area contributed by atoms with Crippen molar-refractivity contribution < 1.29 is 19.1 Å². The van der Waals surface area contributed by atoms with Gasteiger partial charge in [-0.25, -0.2) is 4.79 Å². The highest BCUT2D eigenvalue weighted by molar-refractivity contribution is 6.55. The van der Waals surface area contributed by atoms with E-state index in [0.29, 0.717) is 6.21 Å². The molecule has 0 aliphatic heterocycles. The third kappa shape index (κ3) is 4.35. The number of carbonyl (C=O) groups is 2. The lowest BCUT2D eigenvalue weighted by molar-refractivity contribution is -0.160. The van der Waals surface area contributed by atoms with Crippen LogP contribution in [0.1, 0.15) is 20.8 Å². The van der Waals surface area contributed by atoms with Crippen molar-refractivity contribution in [3.05, 3.63) is 5.53 Å². The molecule has 0 unspecified atom stereocenters. The van der Waals surface area contributed by atoms with Crippen LogP contribution in [0.25, 0.3) is 5.53 Å². The molecule has 0 atom stereocenters. The van der Waals surface area contributed by atoms with Gasteiger partial charge in [0.15, 0.2) is 0 Å². The second-order valence-electron chi connectivity index (χ2n) is 3.11. The average Bonchev–Trinajstić information content (AvgIpc) is 1.84. The monoisotopic (exact) mass is 170 g/mol. The smallest absolute Gasteiger partial charge is 0.387 e. The lowest BCUT2D eigenvalue weighted by Gasteiger charge is -2.17. The van der Waals surface area contributed by atoms with Crippen LogP contribution in [-0.2, 0) is 14.3 Å². The van der Waals surface area contributed by atoms with Crippen molar-refractivity contribution in [3.8, 4) is 0 Å². The molecule has 0 spiro atoms. The molecule has 0 fully saturated rings. The van der Waals surface area contributed by atoms with Crippen molar-refractivity contribution in [1.29, 1.82) is 0 Å². The summed E-state index contributed by atoms with van der Waals surface area (Å²) < 4.78 is 4.66. The summed E-state index contributed by atoms with van der Waals surface area (Å²) in [5.41, 5.74) is 7.21. The third-order valence-corrected chi connectivity index (χ3v) is 0.775. The number of Topliss-reactive ketones (excluding diaryl/α,β-unsaturated/α-hetero) is 1. The Hall–Kier alpha value is -1.48. The molecule has 0 saturated heterocycles. The third-order valence-electron chi connectivity index (χ3n) is 0.775. The van der Waals surface area contributed by atoms with Gasteiger partial charge in [-0.3, -0.25) is 4.79 Å². The minimum Gasteiger partial charge on any atom is -0.454 e. The van der Waals surface area contributed by atoms with Crippen molar-refractivity contribution in [2.75, 3.05) is 0 Å². The van der Waals surface area contributed by atoms with Gasteiger partial charge < -0.3 is 10.3 Å². The van der Waals surface area contributed by atoms with Gasteiger partial charge in [-0.2, -0.15) is 4.79 Å². The maximum Gasteiger partial charge on any atom is 0.387 e. The van der Waals surface area contributed by atoms with Gasteiger partial charge in [0.25, 0.3) is 0 Å². The minimum absolute atomic E-state index is 0.494. The molecular weight excluding hydrogens is 160 g/mol. The zero-order valence-electron chi connectivity index (χ0n) is 7.20. The molecule has 12 heavy (non-hydrogen) atoms. The van der Waals surface area contributed by atoms with Crippen LogP contribution < -0.4 is 0 Å². The molecule has 5 nitrogen and oxygen atoms in total. The topological polar surface area (TPSA) is 79.8 Å². The van der Waals surface area contributed by atoms with Crippen LogP contribution in [0.3, 0.4) is 0 Å². The Kier molecular flexibility index (Phi) is 3.31. The molecule has 0 N–H and O–H groups in total. The lowest BCUT2D eigenvalue weighted by atomic mass is 10.2. The van der Waals surface area contributed by atoms with Crippen molar-refractivity contribution in [3.63, 3.8) is 0 Å². The Balaban J connectivity index is 4.24. The standard InChI is InChI=1S/C7H10N2O3/c1-7(2,3)12-6(11)5(10)4-9-8/h4H,1-3H3. The van der Waals surface area contributed by atoms with Gasteiger partial charge >= 0.3 is 18.0 Å². The van der Waals surface area contributed by atoms with Crippen molar-refractivity contribution in [2.24, 2.45) is 0 Å². The van der Waals surface area contributed by atoms with Gasteiger partial charge in [0.05, 0.1) is 0 Å². The Labute approximate surface area is 69.9 Å². The quantitative estimate of drug-likeness (QED) is 0.195. The highest BCUT2D eigenvalue weighted by Crippen LogP contribution is 2.06. The van der Waals surface area contributed by atoms with E-state index in [0.717, 1.165) is 0 Å². The molecule has 0 amide bonds. The van der Waals surface area contributed by atoms with E-state index in [9.17, 15) is 9.59 Å². The summed E-state index contributed by atoms with van der Waals surface area (Å²) in [6, 6.07) is 0. The summed E-state index contributed by atoms with van der Waals surface area (Å²) in [4.78, 5) is 23.8. The van der Waals surface area contributed by atoms with Gasteiger partial charge in [0.2, 0.25) is 0 Å². The fourth-order valence-electron chi connectivity index (χ4n) is 0.434. The zero-order valence-corrected chi connectivity index (χ0v) is 7.20. The van der Waals surface area contributed by atoms with E-state index in [2.05, 4.69) is 9.53 Å². The van der Waals surface area contributed by atoms with E-state index < -0.39 is 17.4 Å². The molecule has 0 heterocycles. The molecule has 0 saturated carbocycles. The number of rotatable bonds is 2. The van der Waals surface area contributed by atoms with Gasteiger partial charge in [-0.05, 0) is 20.8 Å². The number of ketones is 1. The summed E-state index contributed by atoms with van der Waals surface area (Å²) in [7, 11) is 0. The molecule has 66 valence electrons. The second kappa shape index (κ2) is 3.78. The van der Waals surface area contributed by atoms with E-state index in [1.165, 1.54) is 0 Å². The van der Waals surface area contributed by atoms with Gasteiger partial charge in [0, 0.05) is 0 Å². The molecule has 0 bridgehead atoms. The van der Waals surface area contributed by atoms with Crippen LogP contribution in [0.5, 0.6) is 0 Å². The minimum atomic E-state index is -1.03. The van der Waals surface area contributed by atoms with E-state index in [4.69, 9.17) is 5.53 Å². The fraction of sp³-hybridized carbons (Fsp3) is 0.571. The summed E-state index contributed by atoms with van der Waals surface area (Å²) >= 11 is 0. The summed E-state index contributed by atoms with van der Waals surface area (Å²) in [5, 5.41) is 0. The van der Waals surface area contributed by atoms with E-state index in [1.54, 1.807) is 20.8 Å². The molecule has 0 aliphatic rings. The van der Waals surface area contributed by atoms with Gasteiger partial charge in [-0.1, -0.05) is 0 Å². The first-order valence-corrected chi connectivity index (χ1v) is 3.31. The zero-order chi connectivity index (χ0) is 9.78. The van der Waals surface area contributed by atoms with Gasteiger partial charge in [-0.15, -0.1) is 0 Å². The van der Waals surface area contributed by atoms with Crippen molar-refractivity contribution in [1.82, 2.24) is 0 Å². The molecule has 0 aromatic heterocycles. The lowest BCUT2D eigenvalue weighted by Crippen LogP contribution is -2.29. The van der Waals surface area contributed by atoms with Crippen LogP contribution >= 0.6 is 0 Å². The number of hydrogen-bond donors (Lipinski definition) is 0. The predicted molar refractivity (Wildman–Crippen MR) is 40.5 cm³/mol. The second-order valence-corrected chi connectivity index (χ2v) is 3.11. The summed E-state index contributed by atoms with van der Waals surface area (Å²) in [6.07, 6.45) is 0.494. The fourth-order valence-corrected chi connectivity index (χ4v) is 0.434. The SMILES string of the molecule is CC(C)(C)OC(=O)C(=O)C=[N+]=[N-]. The first-order chi connectivity index (χ1) is 5.37. The maximum absolute atomic E-state index is 10.8. The Morgan fingerprint density at radius 3 is 2.25 bits per heavy atom. The van der Waals surface area contributed by atoms with E-state index >= 15 is 0 Å². The Morgan fingerprint density at radius 1 is 1.42 bits per heavy atom. The van der Waals surface area contributed by atoms with Crippen LogP contribution in [-0.4, -0.2) is 28.4 Å². The highest BCUT2D eigenvalue weighted by Gasteiger charge is 2.23. The normalized spacial score (nSPS) is 9.92. The van der Waals surface area contributed by atoms with Gasteiger partial charge in [0.1, 0.15) is 5.60 Å². The Morgan fingerprint density at radius 2 is 1.92 bits per heavy atom. The van der Waals surface area contributed by atoms with Crippen LogP contribution in [0.15, 0.2) is 0 Å². The summed E-state index contributed by atoms with van der Waals surface area (Å²) in [5.74, 6) is -2.01. The van der Waals surface area contributed by atoms with Crippen LogP contribution in [0.2, 0.25) is 0 Å². The molecule has 0 radical (unpaired) electrons. The van der Waals surface area contributed by atoms with Crippen LogP contribution in [0, 0.1) is 0 Å². The number of hydrogen-bond acceptors (Lipinski definition) is 3. The van der Waals surface area contributed by atoms with Crippen molar-refractivity contribution >= 4 is 18.0 Å². The first-order valence-electron chi connectivity index (χ1n) is 3.31. The number of ether oxygens (including phenoxy) is 1. The highest BCUT2D eigenvalue weighted by atomic mass is 16.6. The summed E-state index contributed by atoms with van der Waals surface area (Å²) in [6.45, 7) is 4.90. The molecular formula is C7H10N2O3. The molecule has 5 heteroatoms.